The number of aromatic nitrogens is 1. The third-order valence-electron chi connectivity index (χ3n) is 5.76. The first-order valence-electron chi connectivity index (χ1n) is 10.7. The van der Waals surface area contributed by atoms with Crippen LogP contribution in [0.5, 0.6) is 17.2 Å². The van der Waals surface area contributed by atoms with E-state index < -0.39 is 0 Å². The highest BCUT2D eigenvalue weighted by atomic mass is 16.7. The number of nitrogens with zero attached hydrogens (tertiary/aromatic N) is 1. The van der Waals surface area contributed by atoms with Crippen molar-refractivity contribution in [1.29, 1.82) is 0 Å². The first-order valence-corrected chi connectivity index (χ1v) is 10.7. The Morgan fingerprint density at radius 3 is 2.61 bits per heavy atom. The Balaban J connectivity index is 1.48. The summed E-state index contributed by atoms with van der Waals surface area (Å²) in [5.74, 6) is 2.06. The number of ether oxygens (including phenoxy) is 3. The quantitative estimate of drug-likeness (QED) is 0.452. The minimum atomic E-state index is -0.135. The Bertz CT molecular complexity index is 1310. The molecule has 1 amide bonds. The second kappa shape index (κ2) is 8.74. The number of fused-ring (bicyclic) bond motifs is 1. The van der Waals surface area contributed by atoms with Gasteiger partial charge in [-0.3, -0.25) is 4.79 Å². The predicted octanol–water partition coefficient (Wildman–Crippen LogP) is 5.12. The summed E-state index contributed by atoms with van der Waals surface area (Å²) in [5.41, 5.74) is 5.31. The number of methoxy groups -OCH3 is 1. The average molecular weight is 440 g/mol. The van der Waals surface area contributed by atoms with E-state index in [2.05, 4.69) is 9.88 Å². The van der Waals surface area contributed by atoms with Crippen molar-refractivity contribution in [3.63, 3.8) is 0 Å². The van der Waals surface area contributed by atoms with Crippen molar-refractivity contribution in [2.24, 2.45) is 0 Å². The smallest absolute Gasteiger partial charge is 0.253 e. The van der Waals surface area contributed by atoms with Crippen LogP contribution in [0.4, 0.5) is 0 Å². The molecule has 33 heavy (non-hydrogen) atoms. The van der Waals surface area contributed by atoms with Crippen LogP contribution in [0.1, 0.15) is 21.6 Å². The Kier molecular flexibility index (Phi) is 5.48. The molecule has 0 atom stereocenters. The van der Waals surface area contributed by atoms with E-state index in [9.17, 15) is 4.79 Å². The van der Waals surface area contributed by atoms with E-state index in [1.807, 2.05) is 85.8 Å². The van der Waals surface area contributed by atoms with Gasteiger partial charge in [0, 0.05) is 23.5 Å². The molecule has 0 saturated carbocycles. The van der Waals surface area contributed by atoms with Crippen molar-refractivity contribution < 1.29 is 19.0 Å². The molecule has 0 aliphatic carbocycles. The van der Waals surface area contributed by atoms with Gasteiger partial charge in [-0.2, -0.15) is 0 Å². The number of carbonyl (C=O) groups is 1. The van der Waals surface area contributed by atoms with Gasteiger partial charge in [0.05, 0.1) is 18.4 Å². The molecular weight excluding hydrogens is 416 g/mol. The number of para-hydroxylation sites is 1. The maximum atomic E-state index is 13.2. The van der Waals surface area contributed by atoms with E-state index in [1.54, 1.807) is 7.11 Å². The molecule has 0 fully saturated rings. The molecule has 166 valence electrons. The maximum absolute atomic E-state index is 13.2. The summed E-state index contributed by atoms with van der Waals surface area (Å²) in [7, 11) is 1.65. The number of carbonyl (C=O) groups excluding carboxylic acids is 1. The largest absolute Gasteiger partial charge is 0.497 e. The Hall–Kier alpha value is -4.19. The molecule has 4 aromatic rings. The summed E-state index contributed by atoms with van der Waals surface area (Å²) in [6.45, 7) is 2.58. The van der Waals surface area contributed by atoms with Gasteiger partial charge in [0.2, 0.25) is 6.79 Å². The van der Waals surface area contributed by atoms with Gasteiger partial charge in [-0.1, -0.05) is 36.4 Å². The van der Waals surface area contributed by atoms with E-state index in [0.29, 0.717) is 17.9 Å². The molecule has 1 aromatic heterocycles. The Morgan fingerprint density at radius 1 is 0.970 bits per heavy atom. The van der Waals surface area contributed by atoms with E-state index >= 15 is 0 Å². The van der Waals surface area contributed by atoms with Gasteiger partial charge >= 0.3 is 0 Å². The molecule has 1 aliphatic rings. The predicted molar refractivity (Wildman–Crippen MR) is 126 cm³/mol. The normalized spacial score (nSPS) is 11.9. The average Bonchev–Trinajstić information content (AvgIpc) is 3.47. The topological polar surface area (TPSA) is 61.7 Å². The van der Waals surface area contributed by atoms with Crippen LogP contribution >= 0.6 is 0 Å². The molecule has 0 radical (unpaired) electrons. The highest BCUT2D eigenvalue weighted by Crippen LogP contribution is 2.33. The third-order valence-corrected chi connectivity index (χ3v) is 5.76. The van der Waals surface area contributed by atoms with Gasteiger partial charge in [-0.15, -0.1) is 0 Å². The van der Waals surface area contributed by atoms with Crippen LogP contribution < -0.4 is 19.5 Å². The molecule has 5 rings (SSSR count). The monoisotopic (exact) mass is 440 g/mol. The fraction of sp³-hybridized carbons (Fsp3) is 0.148. The van der Waals surface area contributed by atoms with Crippen LogP contribution in [0.25, 0.3) is 16.9 Å². The molecule has 6 heteroatoms. The number of benzene rings is 3. The first kappa shape index (κ1) is 20.7. The SMILES string of the molecule is COc1cccc(-c2cc(C(=O)NCc3ccc4c(c3)OCO4)c(C)n2-c2ccccc2)c1. The number of nitrogens with one attached hydrogen (secondary N) is 1. The zero-order valence-corrected chi connectivity index (χ0v) is 18.5. The summed E-state index contributed by atoms with van der Waals surface area (Å²) in [4.78, 5) is 13.2. The molecule has 6 nitrogen and oxygen atoms in total. The molecule has 1 N–H and O–H groups in total. The maximum Gasteiger partial charge on any atom is 0.253 e. The molecule has 0 spiro atoms. The summed E-state index contributed by atoms with van der Waals surface area (Å²) in [6.07, 6.45) is 0. The van der Waals surface area contributed by atoms with Crippen LogP contribution in [0.3, 0.4) is 0 Å². The second-order valence-corrected chi connectivity index (χ2v) is 7.80. The number of rotatable bonds is 6. The number of amides is 1. The van der Waals surface area contributed by atoms with Gasteiger partial charge in [0.1, 0.15) is 5.75 Å². The second-order valence-electron chi connectivity index (χ2n) is 7.80. The van der Waals surface area contributed by atoms with E-state index in [4.69, 9.17) is 14.2 Å². The molecular formula is C27H24N2O4. The lowest BCUT2D eigenvalue weighted by molar-refractivity contribution is 0.0950. The molecule has 1 aliphatic heterocycles. The fourth-order valence-electron chi connectivity index (χ4n) is 4.07. The summed E-state index contributed by atoms with van der Waals surface area (Å²) >= 11 is 0. The lowest BCUT2D eigenvalue weighted by Crippen LogP contribution is -2.23. The molecule has 0 bridgehead atoms. The van der Waals surface area contributed by atoms with Crippen molar-refractivity contribution in [2.75, 3.05) is 13.9 Å². The third kappa shape index (κ3) is 4.03. The lowest BCUT2D eigenvalue weighted by atomic mass is 10.1. The van der Waals surface area contributed by atoms with E-state index in [1.165, 1.54) is 0 Å². The van der Waals surface area contributed by atoms with Gasteiger partial charge in [-0.05, 0) is 55.0 Å². The van der Waals surface area contributed by atoms with Gasteiger partial charge < -0.3 is 24.1 Å². The standard InChI is InChI=1S/C27H24N2O4/c1-18-23(27(30)28-16-19-11-12-25-26(13-19)33-17-32-25)15-24(20-7-6-10-22(14-20)31-2)29(18)21-8-4-3-5-9-21/h3-15H,16-17H2,1-2H3,(H,28,30). The number of hydrogen-bond donors (Lipinski definition) is 1. The molecule has 0 unspecified atom stereocenters. The lowest BCUT2D eigenvalue weighted by Gasteiger charge is -2.13. The van der Waals surface area contributed by atoms with Crippen molar-refractivity contribution in [2.45, 2.75) is 13.5 Å². The van der Waals surface area contributed by atoms with Crippen LogP contribution in [0, 0.1) is 6.92 Å². The zero-order chi connectivity index (χ0) is 22.8. The number of hydrogen-bond acceptors (Lipinski definition) is 4. The highest BCUT2D eigenvalue weighted by molar-refractivity contribution is 5.97. The van der Waals surface area contributed by atoms with E-state index in [0.717, 1.165) is 39.7 Å². The minimum absolute atomic E-state index is 0.135. The zero-order valence-electron chi connectivity index (χ0n) is 18.5. The van der Waals surface area contributed by atoms with Crippen molar-refractivity contribution in [3.8, 4) is 34.2 Å². The Morgan fingerprint density at radius 2 is 1.79 bits per heavy atom. The molecule has 3 aromatic carbocycles. The summed E-state index contributed by atoms with van der Waals surface area (Å²) in [6, 6.07) is 25.5. The minimum Gasteiger partial charge on any atom is -0.497 e. The molecule has 0 saturated heterocycles. The van der Waals surface area contributed by atoms with Crippen LogP contribution in [-0.4, -0.2) is 24.4 Å². The summed E-state index contributed by atoms with van der Waals surface area (Å²) < 4.78 is 18.3. The first-order chi connectivity index (χ1) is 16.1. The van der Waals surface area contributed by atoms with Crippen molar-refractivity contribution in [3.05, 3.63) is 95.7 Å². The highest BCUT2D eigenvalue weighted by Gasteiger charge is 2.20. The van der Waals surface area contributed by atoms with E-state index in [-0.39, 0.29) is 12.7 Å². The molecule has 2 heterocycles. The van der Waals surface area contributed by atoms with Crippen LogP contribution in [0.2, 0.25) is 0 Å². The van der Waals surface area contributed by atoms with Gasteiger partial charge in [0.25, 0.3) is 5.91 Å². The van der Waals surface area contributed by atoms with Crippen molar-refractivity contribution >= 4 is 5.91 Å². The summed E-state index contributed by atoms with van der Waals surface area (Å²) in [5, 5.41) is 3.04. The van der Waals surface area contributed by atoms with Crippen molar-refractivity contribution in [1.82, 2.24) is 9.88 Å². The van der Waals surface area contributed by atoms with Crippen LogP contribution in [-0.2, 0) is 6.54 Å². The Labute approximate surface area is 192 Å². The van der Waals surface area contributed by atoms with Crippen LogP contribution in [0.15, 0.2) is 78.9 Å². The van der Waals surface area contributed by atoms with Gasteiger partial charge in [0.15, 0.2) is 11.5 Å². The fourth-order valence-corrected chi connectivity index (χ4v) is 4.07. The van der Waals surface area contributed by atoms with Gasteiger partial charge in [-0.25, -0.2) is 0 Å².